The molecule has 0 aliphatic heterocycles. The van der Waals surface area contributed by atoms with E-state index in [1.807, 2.05) is 0 Å². The van der Waals surface area contributed by atoms with Gasteiger partial charge >= 0.3 is 0 Å². The van der Waals surface area contributed by atoms with Crippen molar-refractivity contribution in [2.24, 2.45) is 0 Å². The van der Waals surface area contributed by atoms with E-state index in [9.17, 15) is 0 Å². The highest BCUT2D eigenvalue weighted by molar-refractivity contribution is 4.83. The van der Waals surface area contributed by atoms with Gasteiger partial charge in [0.2, 0.25) is 0 Å². The van der Waals surface area contributed by atoms with Gasteiger partial charge in [-0.05, 0) is 26.2 Å². The molecule has 0 bridgehead atoms. The Balaban J connectivity index is 1.97. The van der Waals surface area contributed by atoms with Crippen LogP contribution in [0.1, 0.15) is 181 Å². The molecule has 0 N–H and O–H groups in total. The highest BCUT2D eigenvalue weighted by atomic mass is 15.1. The van der Waals surface area contributed by atoms with E-state index in [1.165, 1.54) is 167 Å². The highest BCUT2D eigenvalue weighted by Crippen LogP contribution is 2.15. The predicted octanol–water partition coefficient (Wildman–Crippen LogP) is 10.7. The molecule has 0 saturated heterocycles. The molecule has 0 radical (unpaired) electrons. The third kappa shape index (κ3) is 18.2. The topological polar surface area (TPSA) is 8.81 Å². The Morgan fingerprint density at radius 1 is 0.486 bits per heavy atom. The monoisotopic (exact) mass is 490 g/mol. The molecule has 0 atom stereocenters. The van der Waals surface area contributed by atoms with Crippen LogP contribution in [0.3, 0.4) is 0 Å². The van der Waals surface area contributed by atoms with Crippen LogP contribution in [-0.4, -0.2) is 4.57 Å². The summed E-state index contributed by atoms with van der Waals surface area (Å²) in [4.78, 5) is 0. The third-order valence-electron chi connectivity index (χ3n) is 7.94. The van der Waals surface area contributed by atoms with Crippen LogP contribution in [0.15, 0.2) is 12.4 Å². The zero-order chi connectivity index (χ0) is 25.2. The van der Waals surface area contributed by atoms with Crippen LogP contribution < -0.4 is 4.57 Å². The molecule has 0 unspecified atom stereocenters. The van der Waals surface area contributed by atoms with Crippen LogP contribution in [0.2, 0.25) is 0 Å². The van der Waals surface area contributed by atoms with Crippen LogP contribution in [0.5, 0.6) is 0 Å². The molecule has 1 aromatic heterocycles. The smallest absolute Gasteiger partial charge is 0.235 e. The molecule has 2 nitrogen and oxygen atoms in total. The summed E-state index contributed by atoms with van der Waals surface area (Å²) in [7, 11) is 0. The molecular weight excluding hydrogens is 424 g/mol. The molecule has 0 saturated carbocycles. The van der Waals surface area contributed by atoms with E-state index in [0.29, 0.717) is 0 Å². The van der Waals surface area contributed by atoms with Crippen LogP contribution in [0.4, 0.5) is 0 Å². The molecule has 2 heteroatoms. The minimum absolute atomic E-state index is 1.11. The summed E-state index contributed by atoms with van der Waals surface area (Å²) in [5.41, 5.74) is 0. The Bertz CT molecular complexity index is 547. The summed E-state index contributed by atoms with van der Waals surface area (Å²) < 4.78 is 5.04. The molecule has 35 heavy (non-hydrogen) atoms. The van der Waals surface area contributed by atoms with Crippen molar-refractivity contribution in [2.75, 3.05) is 0 Å². The fraction of sp³-hybridized carbons (Fsp3) is 0.909. The van der Waals surface area contributed by atoms with E-state index in [4.69, 9.17) is 0 Å². The lowest BCUT2D eigenvalue weighted by molar-refractivity contribution is -0.704. The molecular formula is C33H65N2+. The molecule has 0 fully saturated rings. The van der Waals surface area contributed by atoms with Crippen molar-refractivity contribution in [3.8, 4) is 0 Å². The van der Waals surface area contributed by atoms with Crippen LogP contribution >= 0.6 is 0 Å². The van der Waals surface area contributed by atoms with Crippen LogP contribution in [0.25, 0.3) is 0 Å². The van der Waals surface area contributed by atoms with E-state index in [-0.39, 0.29) is 0 Å². The van der Waals surface area contributed by atoms with E-state index in [2.05, 4.69) is 42.3 Å². The number of aryl methyl sites for hydroxylation is 2. The van der Waals surface area contributed by atoms with E-state index < -0.39 is 0 Å². The molecule has 1 aromatic rings. The van der Waals surface area contributed by atoms with Gasteiger partial charge in [0.15, 0.2) is 0 Å². The van der Waals surface area contributed by atoms with E-state index >= 15 is 0 Å². The normalized spacial score (nSPS) is 11.5. The van der Waals surface area contributed by atoms with Crippen molar-refractivity contribution in [3.05, 3.63) is 18.2 Å². The first-order valence-electron chi connectivity index (χ1n) is 16.4. The van der Waals surface area contributed by atoms with Gasteiger partial charge in [-0.15, -0.1) is 0 Å². The Labute approximate surface area is 221 Å². The standard InChI is InChI=1S/C33H65N2/c1-4-7-9-11-13-14-15-16-17-18-19-20-21-22-23-25-27-29-33-34(6-3)31-32-35(33)30-28-26-24-12-10-8-5-2/h31-32H,4-30H2,1-3H3/q+1. The highest BCUT2D eigenvalue weighted by Gasteiger charge is 2.15. The van der Waals surface area contributed by atoms with Gasteiger partial charge in [-0.1, -0.05) is 149 Å². The van der Waals surface area contributed by atoms with Gasteiger partial charge in [-0.25, -0.2) is 9.13 Å². The van der Waals surface area contributed by atoms with Gasteiger partial charge in [0.05, 0.1) is 13.1 Å². The van der Waals surface area contributed by atoms with Gasteiger partial charge < -0.3 is 0 Å². The third-order valence-corrected chi connectivity index (χ3v) is 7.94. The van der Waals surface area contributed by atoms with Crippen molar-refractivity contribution < 1.29 is 4.57 Å². The molecule has 1 heterocycles. The maximum absolute atomic E-state index is 2.56. The molecule has 0 aromatic carbocycles. The minimum atomic E-state index is 1.11. The van der Waals surface area contributed by atoms with E-state index in [1.54, 1.807) is 5.82 Å². The fourth-order valence-corrected chi connectivity index (χ4v) is 5.52. The quantitative estimate of drug-likeness (QED) is 0.0858. The first-order chi connectivity index (χ1) is 17.3. The number of hydrogen-bond acceptors (Lipinski definition) is 0. The summed E-state index contributed by atoms with van der Waals surface area (Å²) >= 11 is 0. The second kappa shape index (κ2) is 24.9. The number of aromatic nitrogens is 2. The number of hydrogen-bond donors (Lipinski definition) is 0. The number of nitrogens with zero attached hydrogens (tertiary/aromatic N) is 2. The molecule has 1 rings (SSSR count). The molecule has 0 aliphatic rings. The van der Waals surface area contributed by atoms with Crippen molar-refractivity contribution in [3.63, 3.8) is 0 Å². The largest absolute Gasteiger partial charge is 0.256 e. The summed E-state index contributed by atoms with van der Waals surface area (Å²) in [5.74, 6) is 1.57. The lowest BCUT2D eigenvalue weighted by Crippen LogP contribution is -2.37. The molecule has 0 spiro atoms. The average molecular weight is 490 g/mol. The minimum Gasteiger partial charge on any atom is -0.235 e. The molecule has 0 aliphatic carbocycles. The second-order valence-corrected chi connectivity index (χ2v) is 11.2. The Hall–Kier alpha value is -0.790. The number of unbranched alkanes of at least 4 members (excludes halogenated alkanes) is 22. The molecule has 206 valence electrons. The van der Waals surface area contributed by atoms with Crippen LogP contribution in [0, 0.1) is 0 Å². The van der Waals surface area contributed by atoms with Gasteiger partial charge in [0.1, 0.15) is 12.4 Å². The number of imidazole rings is 1. The van der Waals surface area contributed by atoms with Gasteiger partial charge in [0, 0.05) is 6.42 Å². The first-order valence-corrected chi connectivity index (χ1v) is 16.4. The Morgan fingerprint density at radius 2 is 0.857 bits per heavy atom. The Morgan fingerprint density at radius 3 is 1.26 bits per heavy atom. The first kappa shape index (κ1) is 32.2. The van der Waals surface area contributed by atoms with Gasteiger partial charge in [-0.3, -0.25) is 0 Å². The maximum atomic E-state index is 2.56. The second-order valence-electron chi connectivity index (χ2n) is 11.2. The van der Waals surface area contributed by atoms with Crippen molar-refractivity contribution in [1.82, 2.24) is 4.57 Å². The maximum Gasteiger partial charge on any atom is 0.256 e. The van der Waals surface area contributed by atoms with Gasteiger partial charge in [-0.2, -0.15) is 0 Å². The summed E-state index contributed by atoms with van der Waals surface area (Å²) in [6, 6.07) is 0. The zero-order valence-corrected chi connectivity index (χ0v) is 24.6. The van der Waals surface area contributed by atoms with Crippen molar-refractivity contribution in [1.29, 1.82) is 0 Å². The summed E-state index contributed by atoms with van der Waals surface area (Å²) in [6.07, 6.45) is 40.3. The summed E-state index contributed by atoms with van der Waals surface area (Å²) in [6.45, 7) is 9.22. The summed E-state index contributed by atoms with van der Waals surface area (Å²) in [5, 5.41) is 0. The van der Waals surface area contributed by atoms with Crippen molar-refractivity contribution >= 4 is 0 Å². The Kier molecular flexibility index (Phi) is 22.9. The average Bonchev–Trinajstić information content (AvgIpc) is 3.27. The van der Waals surface area contributed by atoms with E-state index in [0.717, 1.165) is 6.54 Å². The lowest BCUT2D eigenvalue weighted by atomic mass is 10.0. The SMILES string of the molecule is CCCCCCCCCCCCCCCCCCCc1n(CC)cc[n+]1CCCCCCCCC. The number of rotatable bonds is 27. The molecule has 0 amide bonds. The zero-order valence-electron chi connectivity index (χ0n) is 24.6. The van der Waals surface area contributed by atoms with Gasteiger partial charge in [0.25, 0.3) is 5.82 Å². The fourth-order valence-electron chi connectivity index (χ4n) is 5.52. The van der Waals surface area contributed by atoms with Crippen molar-refractivity contribution in [2.45, 2.75) is 194 Å². The predicted molar refractivity (Wildman–Crippen MR) is 156 cm³/mol. The lowest BCUT2D eigenvalue weighted by Gasteiger charge is -2.06. The van der Waals surface area contributed by atoms with Crippen LogP contribution in [-0.2, 0) is 19.5 Å².